The number of aromatic nitrogens is 1. The third kappa shape index (κ3) is 3.55. The number of aryl methyl sites for hydroxylation is 1. The molecule has 15 heavy (non-hydrogen) atoms. The van der Waals surface area contributed by atoms with Crippen molar-refractivity contribution in [2.24, 2.45) is 0 Å². The first-order chi connectivity index (χ1) is 7.13. The molecule has 1 nitrogen and oxygen atoms in total. The van der Waals surface area contributed by atoms with Crippen molar-refractivity contribution < 1.29 is 0 Å². The fourth-order valence-corrected chi connectivity index (χ4v) is 1.12. The highest BCUT2D eigenvalue weighted by atomic mass is 14.7. The van der Waals surface area contributed by atoms with Gasteiger partial charge in [-0.25, -0.2) is 0 Å². The minimum absolute atomic E-state index is 1.05. The molecule has 0 saturated carbocycles. The summed E-state index contributed by atoms with van der Waals surface area (Å²) in [5.74, 6) is 0. The summed E-state index contributed by atoms with van der Waals surface area (Å²) in [6.45, 7) is 9.82. The van der Waals surface area contributed by atoms with Gasteiger partial charge in [-0.3, -0.25) is 4.98 Å². The monoisotopic (exact) mass is 199 g/mol. The van der Waals surface area contributed by atoms with Gasteiger partial charge in [0.15, 0.2) is 0 Å². The van der Waals surface area contributed by atoms with E-state index in [1.807, 2.05) is 32.2 Å². The predicted molar refractivity (Wildman–Crippen MR) is 66.6 cm³/mol. The summed E-state index contributed by atoms with van der Waals surface area (Å²) in [6, 6.07) is 4.11. The number of nitrogens with zero attached hydrogens (tertiary/aromatic N) is 1. The fraction of sp³-hybridized carbons (Fsp3) is 0.214. The van der Waals surface area contributed by atoms with Gasteiger partial charge in [-0.05, 0) is 38.0 Å². The van der Waals surface area contributed by atoms with E-state index in [0.717, 1.165) is 16.8 Å². The summed E-state index contributed by atoms with van der Waals surface area (Å²) in [4.78, 5) is 4.27. The zero-order chi connectivity index (χ0) is 11.3. The van der Waals surface area contributed by atoms with E-state index in [0.29, 0.717) is 0 Å². The highest BCUT2D eigenvalue weighted by Crippen LogP contribution is 2.13. The van der Waals surface area contributed by atoms with E-state index < -0.39 is 0 Å². The van der Waals surface area contributed by atoms with E-state index in [9.17, 15) is 0 Å². The Bertz CT molecular complexity index is 394. The molecule has 1 heteroatoms. The lowest BCUT2D eigenvalue weighted by molar-refractivity contribution is 1.19. The Balaban J connectivity index is 2.89. The highest BCUT2D eigenvalue weighted by Gasteiger charge is 1.94. The lowest BCUT2D eigenvalue weighted by atomic mass is 10.1. The number of rotatable bonds is 3. The van der Waals surface area contributed by atoms with Crippen molar-refractivity contribution in [2.75, 3.05) is 0 Å². The van der Waals surface area contributed by atoms with Crippen LogP contribution in [-0.4, -0.2) is 4.98 Å². The summed E-state index contributed by atoms with van der Waals surface area (Å²) in [5, 5.41) is 0. The second-order valence-electron chi connectivity index (χ2n) is 3.65. The highest BCUT2D eigenvalue weighted by molar-refractivity contribution is 5.64. The van der Waals surface area contributed by atoms with Crippen molar-refractivity contribution in [3.05, 3.63) is 60.0 Å². The van der Waals surface area contributed by atoms with Gasteiger partial charge in [0.05, 0.1) is 0 Å². The molecule has 0 atom stereocenters. The van der Waals surface area contributed by atoms with Crippen molar-refractivity contribution in [3.63, 3.8) is 0 Å². The van der Waals surface area contributed by atoms with E-state index in [1.54, 1.807) is 0 Å². The second-order valence-corrected chi connectivity index (χ2v) is 3.65. The molecule has 0 amide bonds. The normalized spacial score (nSPS) is 12.7. The van der Waals surface area contributed by atoms with Crippen LogP contribution in [0.3, 0.4) is 0 Å². The van der Waals surface area contributed by atoms with Gasteiger partial charge in [0.25, 0.3) is 0 Å². The lowest BCUT2D eigenvalue weighted by Crippen LogP contribution is -1.84. The van der Waals surface area contributed by atoms with Crippen molar-refractivity contribution in [3.8, 4) is 0 Å². The van der Waals surface area contributed by atoms with Gasteiger partial charge in [0, 0.05) is 11.9 Å². The third-order valence-corrected chi connectivity index (χ3v) is 2.28. The molecule has 78 valence electrons. The van der Waals surface area contributed by atoms with E-state index in [-0.39, 0.29) is 0 Å². The molecule has 0 aromatic carbocycles. The van der Waals surface area contributed by atoms with Crippen LogP contribution in [0.15, 0.2) is 48.7 Å². The number of pyridine rings is 1. The van der Waals surface area contributed by atoms with Crippen LogP contribution >= 0.6 is 0 Å². The summed E-state index contributed by atoms with van der Waals surface area (Å²) >= 11 is 0. The summed E-state index contributed by atoms with van der Waals surface area (Å²) < 4.78 is 0. The van der Waals surface area contributed by atoms with Crippen molar-refractivity contribution in [1.82, 2.24) is 4.98 Å². The van der Waals surface area contributed by atoms with Crippen LogP contribution in [0.2, 0.25) is 0 Å². The van der Waals surface area contributed by atoms with Gasteiger partial charge in [-0.15, -0.1) is 0 Å². The zero-order valence-electron chi connectivity index (χ0n) is 9.62. The van der Waals surface area contributed by atoms with Gasteiger partial charge >= 0.3 is 0 Å². The minimum atomic E-state index is 1.05. The zero-order valence-corrected chi connectivity index (χ0v) is 9.62. The molecular formula is C14H17N. The quantitative estimate of drug-likeness (QED) is 0.672. The fourth-order valence-electron chi connectivity index (χ4n) is 1.12. The Morgan fingerprint density at radius 2 is 2.00 bits per heavy atom. The molecule has 0 fully saturated rings. The smallest absolute Gasteiger partial charge is 0.0373 e. The van der Waals surface area contributed by atoms with Crippen molar-refractivity contribution >= 4 is 5.57 Å². The maximum Gasteiger partial charge on any atom is 0.0373 e. The maximum atomic E-state index is 4.27. The van der Waals surface area contributed by atoms with Gasteiger partial charge in [-0.1, -0.05) is 36.4 Å². The molecule has 0 unspecified atom stereocenters. The van der Waals surface area contributed by atoms with Crippen LogP contribution < -0.4 is 0 Å². The molecule has 1 heterocycles. The van der Waals surface area contributed by atoms with E-state index >= 15 is 0 Å². The van der Waals surface area contributed by atoms with Gasteiger partial charge in [0.1, 0.15) is 0 Å². The maximum absolute atomic E-state index is 4.27. The Hall–Kier alpha value is -1.63. The van der Waals surface area contributed by atoms with Crippen LogP contribution in [0.1, 0.15) is 25.1 Å². The molecule has 1 aromatic heterocycles. The molecule has 0 spiro atoms. The van der Waals surface area contributed by atoms with Gasteiger partial charge < -0.3 is 0 Å². The molecule has 1 aromatic rings. The third-order valence-electron chi connectivity index (χ3n) is 2.28. The number of hydrogen-bond acceptors (Lipinski definition) is 1. The molecule has 0 N–H and O–H groups in total. The largest absolute Gasteiger partial charge is 0.261 e. The first-order valence-corrected chi connectivity index (χ1v) is 5.04. The molecule has 0 radical (unpaired) electrons. The molecule has 1 rings (SSSR count). The first-order valence-electron chi connectivity index (χ1n) is 5.04. The van der Waals surface area contributed by atoms with Gasteiger partial charge in [0.2, 0.25) is 0 Å². The average molecular weight is 199 g/mol. The standard InChI is InChI=1S/C14H17N/c1-5-11(2)6-7-12(3)14-9-8-13(4)15-10-14/h5-10H,1H2,2-4H3/b11-6-,12-7+. The Morgan fingerprint density at radius 3 is 2.53 bits per heavy atom. The predicted octanol–water partition coefficient (Wildman–Crippen LogP) is 3.93. The Morgan fingerprint density at radius 1 is 1.27 bits per heavy atom. The Labute approximate surface area is 91.9 Å². The second kappa shape index (κ2) is 5.30. The van der Waals surface area contributed by atoms with E-state index in [4.69, 9.17) is 0 Å². The molecular weight excluding hydrogens is 182 g/mol. The molecule has 0 saturated heterocycles. The minimum Gasteiger partial charge on any atom is -0.261 e. The van der Waals surface area contributed by atoms with Crippen LogP contribution in [-0.2, 0) is 0 Å². The topological polar surface area (TPSA) is 12.9 Å². The molecule has 0 aliphatic rings. The number of allylic oxidation sites excluding steroid dienone is 5. The van der Waals surface area contributed by atoms with Crippen LogP contribution in [0.25, 0.3) is 5.57 Å². The SMILES string of the molecule is C=C/C(C)=C\C=C(/C)c1ccc(C)nc1. The summed E-state index contributed by atoms with van der Waals surface area (Å²) in [6.07, 6.45) is 7.89. The van der Waals surface area contributed by atoms with E-state index in [2.05, 4.69) is 36.7 Å². The average Bonchev–Trinajstić information content (AvgIpc) is 2.26. The Kier molecular flexibility index (Phi) is 4.04. The first kappa shape index (κ1) is 11.4. The number of hydrogen-bond donors (Lipinski definition) is 0. The van der Waals surface area contributed by atoms with Crippen molar-refractivity contribution in [2.45, 2.75) is 20.8 Å². The van der Waals surface area contributed by atoms with E-state index in [1.165, 1.54) is 5.57 Å². The van der Waals surface area contributed by atoms with Crippen molar-refractivity contribution in [1.29, 1.82) is 0 Å². The molecule has 0 aliphatic heterocycles. The molecule has 0 aliphatic carbocycles. The molecule has 0 bridgehead atoms. The van der Waals surface area contributed by atoms with Crippen LogP contribution in [0, 0.1) is 6.92 Å². The summed E-state index contributed by atoms with van der Waals surface area (Å²) in [7, 11) is 0. The lowest BCUT2D eigenvalue weighted by Gasteiger charge is -2.00. The van der Waals surface area contributed by atoms with Crippen LogP contribution in [0.5, 0.6) is 0 Å². The van der Waals surface area contributed by atoms with Gasteiger partial charge in [-0.2, -0.15) is 0 Å². The van der Waals surface area contributed by atoms with Crippen LogP contribution in [0.4, 0.5) is 0 Å². The summed E-state index contributed by atoms with van der Waals surface area (Å²) in [5.41, 5.74) is 4.58.